The van der Waals surface area contributed by atoms with E-state index in [1.165, 1.54) is 0 Å². The smallest absolute Gasteiger partial charge is 0.146 e. The van der Waals surface area contributed by atoms with E-state index in [-0.39, 0.29) is 0 Å². The van der Waals surface area contributed by atoms with E-state index in [1.54, 1.807) is 6.20 Å². The molecular weight excluding hydrogens is 248 g/mol. The molecule has 0 aliphatic heterocycles. The minimum absolute atomic E-state index is 0.662. The number of halogens is 1. The van der Waals surface area contributed by atoms with Gasteiger partial charge in [-0.2, -0.15) is 0 Å². The summed E-state index contributed by atoms with van der Waals surface area (Å²) in [4.78, 5) is 4.15. The van der Waals surface area contributed by atoms with Crippen molar-refractivity contribution >= 4 is 11.6 Å². The number of rotatable bonds is 4. The van der Waals surface area contributed by atoms with Crippen LogP contribution in [0.15, 0.2) is 36.7 Å². The van der Waals surface area contributed by atoms with Gasteiger partial charge >= 0.3 is 0 Å². The first-order chi connectivity index (χ1) is 8.69. The van der Waals surface area contributed by atoms with E-state index < -0.39 is 0 Å². The first-order valence-electron chi connectivity index (χ1n) is 5.71. The number of ether oxygens (including phenoxy) is 1. The molecule has 0 unspecified atom stereocenters. The quantitative estimate of drug-likeness (QED) is 0.915. The Morgan fingerprint density at radius 2 is 2.11 bits per heavy atom. The van der Waals surface area contributed by atoms with E-state index >= 15 is 0 Å². The van der Waals surface area contributed by atoms with Gasteiger partial charge < -0.3 is 10.1 Å². The van der Waals surface area contributed by atoms with Crippen molar-refractivity contribution in [1.82, 2.24) is 10.3 Å². The predicted molar refractivity (Wildman–Crippen MR) is 73.3 cm³/mol. The standard InChI is InChI=1S/C14H15ClN2O/c1-10-3-4-12(15)6-14(10)18-13-5-11(7-16-2)8-17-9-13/h3-6,8-9,16H,7H2,1-2H3. The average Bonchev–Trinajstić information content (AvgIpc) is 2.35. The fourth-order valence-corrected chi connectivity index (χ4v) is 1.79. The van der Waals surface area contributed by atoms with Crippen LogP contribution in [0.1, 0.15) is 11.1 Å². The van der Waals surface area contributed by atoms with Gasteiger partial charge in [-0.3, -0.25) is 4.98 Å². The third-order valence-corrected chi connectivity index (χ3v) is 2.76. The number of aryl methyl sites for hydroxylation is 1. The number of hydrogen-bond donors (Lipinski definition) is 1. The van der Waals surface area contributed by atoms with Crippen LogP contribution in [-0.2, 0) is 6.54 Å². The second-order valence-electron chi connectivity index (χ2n) is 4.07. The normalized spacial score (nSPS) is 10.4. The van der Waals surface area contributed by atoms with Crippen molar-refractivity contribution in [3.8, 4) is 11.5 Å². The van der Waals surface area contributed by atoms with Crippen LogP contribution in [0.25, 0.3) is 0 Å². The Kier molecular flexibility index (Phi) is 4.18. The lowest BCUT2D eigenvalue weighted by Gasteiger charge is -2.09. The van der Waals surface area contributed by atoms with Crippen LogP contribution in [0.3, 0.4) is 0 Å². The molecular formula is C14H15ClN2O. The van der Waals surface area contributed by atoms with E-state index in [2.05, 4.69) is 10.3 Å². The first kappa shape index (κ1) is 12.9. The maximum atomic E-state index is 5.96. The van der Waals surface area contributed by atoms with Crippen molar-refractivity contribution in [3.63, 3.8) is 0 Å². The Bertz CT molecular complexity index is 543. The summed E-state index contributed by atoms with van der Waals surface area (Å²) in [6.45, 7) is 2.75. The van der Waals surface area contributed by atoms with Crippen LogP contribution in [0.2, 0.25) is 5.02 Å². The molecule has 1 heterocycles. The zero-order valence-corrected chi connectivity index (χ0v) is 11.2. The second-order valence-corrected chi connectivity index (χ2v) is 4.51. The van der Waals surface area contributed by atoms with Crippen molar-refractivity contribution in [2.24, 2.45) is 0 Å². The molecule has 2 rings (SSSR count). The first-order valence-corrected chi connectivity index (χ1v) is 6.09. The molecule has 3 nitrogen and oxygen atoms in total. The minimum Gasteiger partial charge on any atom is -0.455 e. The van der Waals surface area contributed by atoms with Crippen LogP contribution in [-0.4, -0.2) is 12.0 Å². The van der Waals surface area contributed by atoms with Crippen molar-refractivity contribution in [3.05, 3.63) is 52.8 Å². The van der Waals surface area contributed by atoms with Crippen LogP contribution in [0.5, 0.6) is 11.5 Å². The highest BCUT2D eigenvalue weighted by Gasteiger charge is 2.03. The van der Waals surface area contributed by atoms with Gasteiger partial charge in [0, 0.05) is 17.8 Å². The van der Waals surface area contributed by atoms with Gasteiger partial charge in [0.05, 0.1) is 6.20 Å². The van der Waals surface area contributed by atoms with E-state index in [0.29, 0.717) is 10.8 Å². The van der Waals surface area contributed by atoms with Crippen molar-refractivity contribution < 1.29 is 4.74 Å². The molecule has 0 atom stereocenters. The largest absolute Gasteiger partial charge is 0.455 e. The van der Waals surface area contributed by atoms with Crippen LogP contribution >= 0.6 is 11.6 Å². The van der Waals surface area contributed by atoms with Gasteiger partial charge in [-0.15, -0.1) is 0 Å². The maximum absolute atomic E-state index is 5.96. The monoisotopic (exact) mass is 262 g/mol. The van der Waals surface area contributed by atoms with Crippen LogP contribution in [0, 0.1) is 6.92 Å². The number of benzene rings is 1. The molecule has 0 aliphatic rings. The van der Waals surface area contributed by atoms with E-state index in [0.717, 1.165) is 23.4 Å². The molecule has 1 aromatic heterocycles. The molecule has 0 fully saturated rings. The maximum Gasteiger partial charge on any atom is 0.146 e. The summed E-state index contributed by atoms with van der Waals surface area (Å²) >= 11 is 5.96. The molecule has 0 bridgehead atoms. The van der Waals surface area contributed by atoms with Crippen LogP contribution < -0.4 is 10.1 Å². The number of nitrogens with zero attached hydrogens (tertiary/aromatic N) is 1. The number of nitrogens with one attached hydrogen (secondary N) is 1. The van der Waals surface area contributed by atoms with Gasteiger partial charge in [0.1, 0.15) is 11.5 Å². The summed E-state index contributed by atoms with van der Waals surface area (Å²) in [5, 5.41) is 3.74. The topological polar surface area (TPSA) is 34.2 Å². The van der Waals surface area contributed by atoms with E-state index in [4.69, 9.17) is 16.3 Å². The molecule has 4 heteroatoms. The Morgan fingerprint density at radius 3 is 2.89 bits per heavy atom. The van der Waals surface area contributed by atoms with Gasteiger partial charge in [-0.1, -0.05) is 17.7 Å². The molecule has 2 aromatic rings. The Balaban J connectivity index is 2.22. The second kappa shape index (κ2) is 5.85. The third kappa shape index (κ3) is 3.22. The van der Waals surface area contributed by atoms with Crippen molar-refractivity contribution in [1.29, 1.82) is 0 Å². The molecule has 0 spiro atoms. The number of pyridine rings is 1. The van der Waals surface area contributed by atoms with Gasteiger partial charge in [-0.05, 0) is 43.3 Å². The van der Waals surface area contributed by atoms with Crippen molar-refractivity contribution in [2.75, 3.05) is 7.05 Å². The zero-order chi connectivity index (χ0) is 13.0. The SMILES string of the molecule is CNCc1cncc(Oc2cc(Cl)ccc2C)c1. The summed E-state index contributed by atoms with van der Waals surface area (Å²) in [7, 11) is 1.90. The number of aromatic nitrogens is 1. The number of hydrogen-bond acceptors (Lipinski definition) is 3. The third-order valence-electron chi connectivity index (χ3n) is 2.53. The lowest BCUT2D eigenvalue weighted by Crippen LogP contribution is -2.05. The van der Waals surface area contributed by atoms with Gasteiger partial charge in [0.15, 0.2) is 0 Å². The van der Waals surface area contributed by atoms with E-state index in [9.17, 15) is 0 Å². The molecule has 1 N–H and O–H groups in total. The lowest BCUT2D eigenvalue weighted by atomic mass is 10.2. The summed E-state index contributed by atoms with van der Waals surface area (Å²) in [6, 6.07) is 7.55. The summed E-state index contributed by atoms with van der Waals surface area (Å²) < 4.78 is 5.80. The molecule has 0 aliphatic carbocycles. The summed E-state index contributed by atoms with van der Waals surface area (Å²) in [5.74, 6) is 1.47. The van der Waals surface area contributed by atoms with Gasteiger partial charge in [0.2, 0.25) is 0 Å². The Morgan fingerprint density at radius 1 is 1.28 bits per heavy atom. The highest BCUT2D eigenvalue weighted by Crippen LogP contribution is 2.27. The van der Waals surface area contributed by atoms with E-state index in [1.807, 2.05) is 44.4 Å². The van der Waals surface area contributed by atoms with Gasteiger partial charge in [-0.25, -0.2) is 0 Å². The predicted octanol–water partition coefficient (Wildman–Crippen LogP) is 3.56. The fraction of sp³-hybridized carbons (Fsp3) is 0.214. The summed E-state index contributed by atoms with van der Waals surface area (Å²) in [5.41, 5.74) is 2.12. The lowest BCUT2D eigenvalue weighted by molar-refractivity contribution is 0.475. The van der Waals surface area contributed by atoms with Crippen LogP contribution in [0.4, 0.5) is 0 Å². The zero-order valence-electron chi connectivity index (χ0n) is 10.4. The molecule has 0 radical (unpaired) electrons. The molecule has 94 valence electrons. The molecule has 0 amide bonds. The van der Waals surface area contributed by atoms with Gasteiger partial charge in [0.25, 0.3) is 0 Å². The molecule has 18 heavy (non-hydrogen) atoms. The Labute approximate surface area is 112 Å². The molecule has 0 saturated heterocycles. The molecule has 1 aromatic carbocycles. The average molecular weight is 263 g/mol. The minimum atomic E-state index is 0.662. The highest BCUT2D eigenvalue weighted by molar-refractivity contribution is 6.30. The molecule has 0 saturated carbocycles. The highest BCUT2D eigenvalue weighted by atomic mass is 35.5. The Hall–Kier alpha value is -1.58. The van der Waals surface area contributed by atoms with Crippen molar-refractivity contribution in [2.45, 2.75) is 13.5 Å². The summed E-state index contributed by atoms with van der Waals surface area (Å²) in [6.07, 6.45) is 3.51. The fourth-order valence-electron chi connectivity index (χ4n) is 1.63.